The lowest BCUT2D eigenvalue weighted by molar-refractivity contribution is -0.122. The summed E-state index contributed by atoms with van der Waals surface area (Å²) in [6, 6.07) is 7.99. The molecule has 2 rings (SSSR count). The molecule has 0 bridgehead atoms. The van der Waals surface area contributed by atoms with Gasteiger partial charge in [0.2, 0.25) is 5.91 Å². The van der Waals surface area contributed by atoms with Crippen LogP contribution < -0.4 is 5.32 Å². The molecule has 1 saturated heterocycles. The van der Waals surface area contributed by atoms with E-state index in [1.54, 1.807) is 7.11 Å². The molecule has 1 aliphatic heterocycles. The molecule has 22 heavy (non-hydrogen) atoms. The van der Waals surface area contributed by atoms with Gasteiger partial charge in [0.05, 0.1) is 13.2 Å². The zero-order valence-electron chi connectivity index (χ0n) is 13.1. The van der Waals surface area contributed by atoms with Crippen LogP contribution in [-0.4, -0.2) is 68.7 Å². The smallest absolute Gasteiger partial charge is 0.234 e. The fourth-order valence-electron chi connectivity index (χ4n) is 2.51. The lowest BCUT2D eigenvalue weighted by Crippen LogP contribution is -2.49. The van der Waals surface area contributed by atoms with Crippen LogP contribution in [0.1, 0.15) is 5.56 Å². The largest absolute Gasteiger partial charge is 0.383 e. The summed E-state index contributed by atoms with van der Waals surface area (Å²) in [4.78, 5) is 16.4. The van der Waals surface area contributed by atoms with Crippen LogP contribution in [0.5, 0.6) is 0 Å². The highest BCUT2D eigenvalue weighted by atomic mass is 35.5. The standard InChI is InChI=1S/C16H24ClN3O2/c1-22-11-6-18-16(21)13-20-9-7-19(8-10-20)12-14-2-4-15(17)5-3-14/h2-5H,6-13H2,1H3,(H,18,21). The molecular formula is C16H24ClN3O2. The Bertz CT molecular complexity index is 459. The van der Waals surface area contributed by atoms with Gasteiger partial charge in [-0.05, 0) is 17.7 Å². The zero-order valence-corrected chi connectivity index (χ0v) is 13.8. The van der Waals surface area contributed by atoms with Crippen molar-refractivity contribution in [2.75, 3.05) is 53.0 Å². The van der Waals surface area contributed by atoms with E-state index >= 15 is 0 Å². The Kier molecular flexibility index (Phi) is 7.12. The number of piperazine rings is 1. The first kappa shape index (κ1) is 17.2. The van der Waals surface area contributed by atoms with Gasteiger partial charge in [-0.15, -0.1) is 0 Å². The zero-order chi connectivity index (χ0) is 15.8. The minimum atomic E-state index is 0.0724. The third-order valence-electron chi connectivity index (χ3n) is 3.78. The van der Waals surface area contributed by atoms with E-state index in [0.717, 1.165) is 37.7 Å². The molecule has 6 heteroatoms. The highest BCUT2D eigenvalue weighted by Gasteiger charge is 2.18. The van der Waals surface area contributed by atoms with Crippen molar-refractivity contribution in [3.63, 3.8) is 0 Å². The molecule has 1 fully saturated rings. The van der Waals surface area contributed by atoms with Crippen molar-refractivity contribution in [1.29, 1.82) is 0 Å². The monoisotopic (exact) mass is 325 g/mol. The Morgan fingerprint density at radius 3 is 2.45 bits per heavy atom. The first-order chi connectivity index (χ1) is 10.7. The molecule has 0 spiro atoms. The maximum atomic E-state index is 11.8. The topological polar surface area (TPSA) is 44.8 Å². The highest BCUT2D eigenvalue weighted by Crippen LogP contribution is 2.12. The van der Waals surface area contributed by atoms with Gasteiger partial charge in [0, 0.05) is 51.4 Å². The Hall–Kier alpha value is -1.14. The molecule has 122 valence electrons. The molecule has 1 amide bonds. The van der Waals surface area contributed by atoms with E-state index in [4.69, 9.17) is 16.3 Å². The van der Waals surface area contributed by atoms with Gasteiger partial charge < -0.3 is 10.1 Å². The number of amides is 1. The molecule has 5 nitrogen and oxygen atoms in total. The number of nitrogens with zero attached hydrogens (tertiary/aromatic N) is 2. The van der Waals surface area contributed by atoms with Crippen molar-refractivity contribution in [2.45, 2.75) is 6.54 Å². The Balaban J connectivity index is 1.67. The first-order valence-electron chi connectivity index (χ1n) is 7.62. The van der Waals surface area contributed by atoms with E-state index in [0.29, 0.717) is 19.7 Å². The van der Waals surface area contributed by atoms with Crippen molar-refractivity contribution in [2.24, 2.45) is 0 Å². The summed E-state index contributed by atoms with van der Waals surface area (Å²) in [6.07, 6.45) is 0. The van der Waals surface area contributed by atoms with Crippen molar-refractivity contribution < 1.29 is 9.53 Å². The van der Waals surface area contributed by atoms with E-state index in [-0.39, 0.29) is 5.91 Å². The van der Waals surface area contributed by atoms with Gasteiger partial charge in [0.25, 0.3) is 0 Å². The lowest BCUT2D eigenvalue weighted by atomic mass is 10.2. The molecular weight excluding hydrogens is 302 g/mol. The molecule has 0 atom stereocenters. The normalized spacial score (nSPS) is 16.6. The summed E-state index contributed by atoms with van der Waals surface area (Å²) in [7, 11) is 1.63. The first-order valence-corrected chi connectivity index (χ1v) is 8.00. The molecule has 0 aromatic heterocycles. The van der Waals surface area contributed by atoms with E-state index in [2.05, 4.69) is 27.2 Å². The Morgan fingerprint density at radius 1 is 1.18 bits per heavy atom. The molecule has 1 N–H and O–H groups in total. The molecule has 0 unspecified atom stereocenters. The fourth-order valence-corrected chi connectivity index (χ4v) is 2.63. The van der Waals surface area contributed by atoms with Crippen LogP contribution in [-0.2, 0) is 16.1 Å². The van der Waals surface area contributed by atoms with Crippen LogP contribution >= 0.6 is 11.6 Å². The fraction of sp³-hybridized carbons (Fsp3) is 0.562. The second kappa shape index (κ2) is 9.10. The molecule has 0 aliphatic carbocycles. The van der Waals surface area contributed by atoms with Crippen LogP contribution in [0.15, 0.2) is 24.3 Å². The van der Waals surface area contributed by atoms with Gasteiger partial charge in [-0.25, -0.2) is 0 Å². The van der Waals surface area contributed by atoms with Crippen molar-refractivity contribution in [1.82, 2.24) is 15.1 Å². The lowest BCUT2D eigenvalue weighted by Gasteiger charge is -2.34. The van der Waals surface area contributed by atoms with Gasteiger partial charge in [0.15, 0.2) is 0 Å². The van der Waals surface area contributed by atoms with Crippen molar-refractivity contribution >= 4 is 17.5 Å². The van der Waals surface area contributed by atoms with Gasteiger partial charge in [-0.2, -0.15) is 0 Å². The number of halogens is 1. The molecule has 0 saturated carbocycles. The van der Waals surface area contributed by atoms with Crippen molar-refractivity contribution in [3.8, 4) is 0 Å². The van der Waals surface area contributed by atoms with E-state index in [9.17, 15) is 4.79 Å². The average Bonchev–Trinajstić information content (AvgIpc) is 2.52. The summed E-state index contributed by atoms with van der Waals surface area (Å²) in [5.41, 5.74) is 1.27. The van der Waals surface area contributed by atoms with E-state index in [1.807, 2.05) is 12.1 Å². The number of benzene rings is 1. The van der Waals surface area contributed by atoms with Crippen LogP contribution in [0.3, 0.4) is 0 Å². The Labute approximate surface area is 137 Å². The number of methoxy groups -OCH3 is 1. The quantitative estimate of drug-likeness (QED) is 0.766. The summed E-state index contributed by atoms with van der Waals surface area (Å²) >= 11 is 5.90. The number of hydrogen-bond acceptors (Lipinski definition) is 4. The number of rotatable bonds is 7. The van der Waals surface area contributed by atoms with Gasteiger partial charge >= 0.3 is 0 Å². The Morgan fingerprint density at radius 2 is 1.82 bits per heavy atom. The van der Waals surface area contributed by atoms with Crippen molar-refractivity contribution in [3.05, 3.63) is 34.9 Å². The number of hydrogen-bond donors (Lipinski definition) is 1. The predicted molar refractivity (Wildman–Crippen MR) is 88.1 cm³/mol. The van der Waals surface area contributed by atoms with Gasteiger partial charge in [-0.3, -0.25) is 14.6 Å². The summed E-state index contributed by atoms with van der Waals surface area (Å²) < 4.78 is 4.92. The SMILES string of the molecule is COCCNC(=O)CN1CCN(Cc2ccc(Cl)cc2)CC1. The maximum Gasteiger partial charge on any atom is 0.234 e. The second-order valence-corrected chi connectivity index (χ2v) is 5.96. The number of carbonyl (C=O) groups excluding carboxylic acids is 1. The molecule has 0 radical (unpaired) electrons. The molecule has 1 heterocycles. The number of ether oxygens (including phenoxy) is 1. The van der Waals surface area contributed by atoms with Crippen LogP contribution in [0.4, 0.5) is 0 Å². The average molecular weight is 326 g/mol. The highest BCUT2D eigenvalue weighted by molar-refractivity contribution is 6.30. The molecule has 1 aliphatic rings. The summed E-state index contributed by atoms with van der Waals surface area (Å²) in [5, 5.41) is 3.63. The number of nitrogens with one attached hydrogen (secondary N) is 1. The summed E-state index contributed by atoms with van der Waals surface area (Å²) in [6.45, 7) is 6.34. The minimum Gasteiger partial charge on any atom is -0.383 e. The van der Waals surface area contributed by atoms with Crippen LogP contribution in [0.25, 0.3) is 0 Å². The maximum absolute atomic E-state index is 11.8. The number of carbonyl (C=O) groups is 1. The van der Waals surface area contributed by atoms with Crippen LogP contribution in [0, 0.1) is 0 Å². The van der Waals surface area contributed by atoms with Crippen LogP contribution in [0.2, 0.25) is 5.02 Å². The summed E-state index contributed by atoms with van der Waals surface area (Å²) in [5.74, 6) is 0.0724. The van der Waals surface area contributed by atoms with Gasteiger partial charge in [0.1, 0.15) is 0 Å². The van der Waals surface area contributed by atoms with E-state index < -0.39 is 0 Å². The third kappa shape index (κ3) is 5.93. The third-order valence-corrected chi connectivity index (χ3v) is 4.03. The predicted octanol–water partition coefficient (Wildman–Crippen LogP) is 1.22. The molecule has 1 aromatic rings. The van der Waals surface area contributed by atoms with E-state index in [1.165, 1.54) is 5.56 Å². The minimum absolute atomic E-state index is 0.0724. The van der Waals surface area contributed by atoms with Gasteiger partial charge in [-0.1, -0.05) is 23.7 Å². The molecule has 1 aromatic carbocycles. The second-order valence-electron chi connectivity index (χ2n) is 5.52.